The third-order valence-corrected chi connectivity index (χ3v) is 10.1. The van der Waals surface area contributed by atoms with Crippen molar-refractivity contribution in [3.8, 4) is 0 Å². The fourth-order valence-corrected chi connectivity index (χ4v) is 6.36. The van der Waals surface area contributed by atoms with Gasteiger partial charge in [-0.2, -0.15) is 0 Å². The highest BCUT2D eigenvalue weighted by atomic mass is 16.7. The van der Waals surface area contributed by atoms with Gasteiger partial charge in [-0.15, -0.1) is 0 Å². The van der Waals surface area contributed by atoms with Gasteiger partial charge in [-0.1, -0.05) is 167 Å². The Bertz CT molecular complexity index is 1360. The van der Waals surface area contributed by atoms with Crippen LogP contribution in [0.15, 0.2) is 122 Å². The summed E-state index contributed by atoms with van der Waals surface area (Å²) >= 11 is 0. The van der Waals surface area contributed by atoms with E-state index in [2.05, 4.69) is 141 Å². The predicted octanol–water partition coefficient (Wildman–Crippen LogP) is 10.1. The molecule has 1 aliphatic heterocycles. The molecule has 7 unspecified atom stereocenters. The zero-order valence-corrected chi connectivity index (χ0v) is 37.6. The number of carbonyl (C=O) groups is 1. The Morgan fingerprint density at radius 3 is 1.46 bits per heavy atom. The van der Waals surface area contributed by atoms with Gasteiger partial charge in [-0.25, -0.2) is 0 Å². The smallest absolute Gasteiger partial charge is 0.220 e. The minimum atomic E-state index is -1.56. The Labute approximate surface area is 369 Å². The third-order valence-electron chi connectivity index (χ3n) is 10.1. The summed E-state index contributed by atoms with van der Waals surface area (Å²) in [7, 11) is 0. The SMILES string of the molecule is CC/C=C\C/C=C\C/C=C\C/C=C\C/C=C\C/C=C\C/C=C\C/C=C\C/C=C\C/C=C\CCCCCCC(=O)NC(COC1OC(CO)C(O)C(O)C1O)C(O)CCCCC. The number of hydrogen-bond acceptors (Lipinski definition) is 8. The number of unbranched alkanes of at least 4 members (excludes halogenated alkanes) is 6. The first-order valence-corrected chi connectivity index (χ1v) is 23.2. The standard InChI is InChI=1S/C52H83NO8/c1-3-5-7-8-9-10-11-12-13-14-15-16-17-18-19-20-21-22-23-24-25-26-27-28-29-30-31-32-33-34-35-36-37-38-40-42-48(56)53-45(46(55)41-39-6-4-2)44-60-52-51(59)50(58)49(57)47(43-54)61-52/h5,7,9-10,12-13,15-16,18-19,21-22,24-25,27-28,30-31,33-34,45-47,49-52,54-55,57-59H,3-4,6,8,11,14,17,20,23,26,29,32,35-44H2,1-2H3,(H,53,56)/b7-5-,10-9-,13-12-,16-15-,19-18-,22-21-,25-24-,28-27-,31-30-,34-33-. The quantitative estimate of drug-likeness (QED) is 0.0270. The highest BCUT2D eigenvalue weighted by Gasteiger charge is 2.44. The second-order valence-corrected chi connectivity index (χ2v) is 15.5. The highest BCUT2D eigenvalue weighted by Crippen LogP contribution is 2.22. The summed E-state index contributed by atoms with van der Waals surface area (Å²) in [4.78, 5) is 12.8. The molecule has 6 N–H and O–H groups in total. The Morgan fingerprint density at radius 2 is 1.02 bits per heavy atom. The van der Waals surface area contributed by atoms with Crippen LogP contribution in [0.5, 0.6) is 0 Å². The third kappa shape index (κ3) is 31.1. The molecule has 61 heavy (non-hydrogen) atoms. The lowest BCUT2D eigenvalue weighted by Gasteiger charge is -2.40. The van der Waals surface area contributed by atoms with E-state index in [9.17, 15) is 30.3 Å². The van der Waals surface area contributed by atoms with Crippen LogP contribution < -0.4 is 5.32 Å². The molecule has 1 aliphatic rings. The van der Waals surface area contributed by atoms with Crippen LogP contribution in [0.2, 0.25) is 0 Å². The van der Waals surface area contributed by atoms with Crippen molar-refractivity contribution in [1.29, 1.82) is 0 Å². The van der Waals surface area contributed by atoms with Gasteiger partial charge in [0.2, 0.25) is 5.91 Å². The predicted molar refractivity (Wildman–Crippen MR) is 253 cm³/mol. The van der Waals surface area contributed by atoms with Gasteiger partial charge in [0.05, 0.1) is 25.4 Å². The van der Waals surface area contributed by atoms with Crippen molar-refractivity contribution in [1.82, 2.24) is 5.32 Å². The minimum Gasteiger partial charge on any atom is -0.394 e. The maximum Gasteiger partial charge on any atom is 0.220 e. The van der Waals surface area contributed by atoms with E-state index in [1.54, 1.807) is 0 Å². The lowest BCUT2D eigenvalue weighted by molar-refractivity contribution is -0.302. The second kappa shape index (κ2) is 40.6. The van der Waals surface area contributed by atoms with E-state index in [-0.39, 0.29) is 12.5 Å². The zero-order valence-electron chi connectivity index (χ0n) is 37.6. The monoisotopic (exact) mass is 850 g/mol. The van der Waals surface area contributed by atoms with Crippen molar-refractivity contribution >= 4 is 5.91 Å². The average molecular weight is 850 g/mol. The Balaban J connectivity index is 2.11. The van der Waals surface area contributed by atoms with Crippen LogP contribution in [0.25, 0.3) is 0 Å². The summed E-state index contributed by atoms with van der Waals surface area (Å²) < 4.78 is 11.1. The van der Waals surface area contributed by atoms with E-state index in [0.717, 1.165) is 116 Å². The molecule has 0 aromatic carbocycles. The number of nitrogens with one attached hydrogen (secondary N) is 1. The molecule has 7 atom stereocenters. The van der Waals surface area contributed by atoms with Crippen molar-refractivity contribution in [2.75, 3.05) is 13.2 Å². The van der Waals surface area contributed by atoms with Gasteiger partial charge in [0.25, 0.3) is 0 Å². The molecule has 0 aliphatic carbocycles. The van der Waals surface area contributed by atoms with Crippen LogP contribution in [0.1, 0.15) is 142 Å². The van der Waals surface area contributed by atoms with Gasteiger partial charge < -0.3 is 40.3 Å². The number of hydrogen-bond donors (Lipinski definition) is 6. The molecule has 0 aromatic rings. The number of rotatable bonds is 36. The first-order valence-electron chi connectivity index (χ1n) is 23.2. The summed E-state index contributed by atoms with van der Waals surface area (Å²) in [6.07, 6.45) is 54.6. The molecule has 0 bridgehead atoms. The van der Waals surface area contributed by atoms with Crippen molar-refractivity contribution in [2.24, 2.45) is 0 Å². The van der Waals surface area contributed by atoms with Crippen molar-refractivity contribution in [2.45, 2.75) is 185 Å². The van der Waals surface area contributed by atoms with Crippen molar-refractivity contribution in [3.05, 3.63) is 122 Å². The van der Waals surface area contributed by atoms with Crippen LogP contribution >= 0.6 is 0 Å². The minimum absolute atomic E-state index is 0.162. The molecule has 1 fully saturated rings. The fourth-order valence-electron chi connectivity index (χ4n) is 6.36. The molecule has 0 radical (unpaired) electrons. The first-order chi connectivity index (χ1) is 29.8. The van der Waals surface area contributed by atoms with Crippen LogP contribution in [0, 0.1) is 0 Å². The second-order valence-electron chi connectivity index (χ2n) is 15.5. The number of ether oxygens (including phenoxy) is 2. The van der Waals surface area contributed by atoms with E-state index in [1.165, 1.54) is 0 Å². The maximum atomic E-state index is 12.8. The van der Waals surface area contributed by atoms with Crippen molar-refractivity contribution in [3.63, 3.8) is 0 Å². The van der Waals surface area contributed by atoms with Gasteiger partial charge in [-0.05, 0) is 89.9 Å². The normalized spacial score (nSPS) is 21.6. The largest absolute Gasteiger partial charge is 0.394 e. The fraction of sp³-hybridized carbons (Fsp3) is 0.596. The Hall–Kier alpha value is -3.41. The van der Waals surface area contributed by atoms with E-state index in [4.69, 9.17) is 9.47 Å². The highest BCUT2D eigenvalue weighted by molar-refractivity contribution is 5.76. The maximum absolute atomic E-state index is 12.8. The van der Waals surface area contributed by atoms with Crippen LogP contribution in [0.4, 0.5) is 0 Å². The zero-order chi connectivity index (χ0) is 44.4. The van der Waals surface area contributed by atoms with Crippen LogP contribution in [-0.2, 0) is 14.3 Å². The molecule has 0 saturated carbocycles. The summed E-state index contributed by atoms with van der Waals surface area (Å²) in [6.45, 7) is 3.50. The average Bonchev–Trinajstić information content (AvgIpc) is 3.26. The summed E-state index contributed by atoms with van der Waals surface area (Å²) in [5, 5.41) is 53.5. The van der Waals surface area contributed by atoms with E-state index in [0.29, 0.717) is 12.8 Å². The molecule has 1 rings (SSSR count). The van der Waals surface area contributed by atoms with Gasteiger partial charge in [0, 0.05) is 6.42 Å². The molecule has 1 amide bonds. The topological polar surface area (TPSA) is 149 Å². The van der Waals surface area contributed by atoms with Crippen LogP contribution in [0.3, 0.4) is 0 Å². The van der Waals surface area contributed by atoms with Crippen molar-refractivity contribution < 1.29 is 39.8 Å². The Morgan fingerprint density at radius 1 is 0.574 bits per heavy atom. The number of carbonyl (C=O) groups excluding carboxylic acids is 1. The summed E-state index contributed by atoms with van der Waals surface area (Å²) in [5.41, 5.74) is 0. The first kappa shape index (κ1) is 55.6. The molecule has 0 spiro atoms. The molecule has 9 heteroatoms. The molecular formula is C52H83NO8. The molecule has 9 nitrogen and oxygen atoms in total. The molecule has 1 saturated heterocycles. The lowest BCUT2D eigenvalue weighted by atomic mass is 9.99. The van der Waals surface area contributed by atoms with Gasteiger partial charge >= 0.3 is 0 Å². The van der Waals surface area contributed by atoms with Crippen LogP contribution in [-0.4, -0.2) is 87.5 Å². The van der Waals surface area contributed by atoms with E-state index in [1.807, 2.05) is 0 Å². The van der Waals surface area contributed by atoms with Gasteiger partial charge in [-0.3, -0.25) is 4.79 Å². The molecular weight excluding hydrogens is 767 g/mol. The van der Waals surface area contributed by atoms with E-state index >= 15 is 0 Å². The number of allylic oxidation sites excluding steroid dienone is 20. The van der Waals surface area contributed by atoms with E-state index < -0.39 is 49.5 Å². The molecule has 0 aromatic heterocycles. The Kier molecular flexibility index (Phi) is 37.1. The summed E-state index contributed by atoms with van der Waals surface area (Å²) in [5.74, 6) is -0.188. The lowest BCUT2D eigenvalue weighted by Crippen LogP contribution is -2.60. The summed E-state index contributed by atoms with van der Waals surface area (Å²) in [6, 6.07) is -0.737. The van der Waals surface area contributed by atoms with Gasteiger partial charge in [0.15, 0.2) is 6.29 Å². The molecule has 344 valence electrons. The number of aliphatic hydroxyl groups is 5. The molecule has 1 heterocycles. The number of aliphatic hydroxyl groups excluding tert-OH is 5. The number of amides is 1. The van der Waals surface area contributed by atoms with Gasteiger partial charge in [0.1, 0.15) is 24.4 Å².